The van der Waals surface area contributed by atoms with Gasteiger partial charge in [-0.15, -0.1) is 12.6 Å². The molecule has 5 heteroatoms. The monoisotopic (exact) mass is 350 g/mol. The Kier molecular flexibility index (Phi) is 7.38. The third-order valence-electron chi connectivity index (χ3n) is 3.37. The van der Waals surface area contributed by atoms with E-state index in [1.165, 1.54) is 0 Å². The lowest BCUT2D eigenvalue weighted by molar-refractivity contribution is 0.265. The second-order valence-corrected chi connectivity index (χ2v) is 6.94. The van der Waals surface area contributed by atoms with E-state index < -0.39 is 8.38 Å². The van der Waals surface area contributed by atoms with Crippen molar-refractivity contribution < 1.29 is 13.8 Å². The average molecular weight is 350 g/mol. The summed E-state index contributed by atoms with van der Waals surface area (Å²) in [6.07, 6.45) is 0. The Morgan fingerprint density at radius 2 is 1.65 bits per heavy atom. The molecule has 0 aliphatic rings. The maximum Gasteiger partial charge on any atom is 0.183 e. The summed E-state index contributed by atoms with van der Waals surface area (Å²) in [5.74, 6) is 0.807. The first kappa shape index (κ1) is 18.3. The van der Waals surface area contributed by atoms with E-state index >= 15 is 0 Å². The molecular formula is C18H23O3PS. The Morgan fingerprint density at radius 3 is 2.22 bits per heavy atom. The van der Waals surface area contributed by atoms with Crippen LogP contribution in [0.15, 0.2) is 53.4 Å². The van der Waals surface area contributed by atoms with E-state index in [-0.39, 0.29) is 5.66 Å². The van der Waals surface area contributed by atoms with Gasteiger partial charge in [0.1, 0.15) is 5.75 Å². The lowest BCUT2D eigenvalue weighted by Gasteiger charge is -2.27. The van der Waals surface area contributed by atoms with Gasteiger partial charge in [0, 0.05) is 4.90 Å². The van der Waals surface area contributed by atoms with E-state index in [2.05, 4.69) is 24.8 Å². The molecule has 0 bridgehead atoms. The number of methoxy groups -OCH3 is 1. The summed E-state index contributed by atoms with van der Waals surface area (Å²) in [4.78, 5) is 0.909. The summed E-state index contributed by atoms with van der Waals surface area (Å²) in [6.45, 7) is 5.20. The summed E-state index contributed by atoms with van der Waals surface area (Å²) in [5.41, 5.74) is 2.21. The number of benzene rings is 2. The lowest BCUT2D eigenvalue weighted by atomic mass is 10.0. The molecule has 0 aliphatic carbocycles. The van der Waals surface area contributed by atoms with Crippen molar-refractivity contribution in [3.63, 3.8) is 0 Å². The molecule has 1 unspecified atom stereocenters. The molecular weight excluding hydrogens is 327 g/mol. The first-order valence-electron chi connectivity index (χ1n) is 7.68. The van der Waals surface area contributed by atoms with Crippen molar-refractivity contribution in [1.82, 2.24) is 0 Å². The van der Waals surface area contributed by atoms with Gasteiger partial charge in [-0.1, -0.05) is 30.3 Å². The van der Waals surface area contributed by atoms with Crippen molar-refractivity contribution >= 4 is 21.0 Å². The molecule has 0 heterocycles. The topological polar surface area (TPSA) is 27.7 Å². The van der Waals surface area contributed by atoms with Crippen molar-refractivity contribution in [2.45, 2.75) is 24.4 Å². The summed E-state index contributed by atoms with van der Waals surface area (Å²) in [7, 11) is 0.554. The molecule has 23 heavy (non-hydrogen) atoms. The highest BCUT2D eigenvalue weighted by Crippen LogP contribution is 2.57. The molecule has 0 saturated carbocycles. The van der Waals surface area contributed by atoms with E-state index in [0.717, 1.165) is 21.8 Å². The molecule has 0 N–H and O–H groups in total. The van der Waals surface area contributed by atoms with Gasteiger partial charge < -0.3 is 13.8 Å². The van der Waals surface area contributed by atoms with Crippen LogP contribution in [0.25, 0.3) is 0 Å². The van der Waals surface area contributed by atoms with Gasteiger partial charge >= 0.3 is 0 Å². The number of hydrogen-bond acceptors (Lipinski definition) is 4. The fourth-order valence-corrected chi connectivity index (χ4v) is 4.48. The third kappa shape index (κ3) is 4.71. The van der Waals surface area contributed by atoms with Gasteiger partial charge in [0.25, 0.3) is 0 Å². The Morgan fingerprint density at radius 1 is 1.00 bits per heavy atom. The van der Waals surface area contributed by atoms with Gasteiger partial charge in [0.2, 0.25) is 0 Å². The maximum atomic E-state index is 5.95. The van der Waals surface area contributed by atoms with E-state index in [0.29, 0.717) is 13.2 Å². The molecule has 124 valence electrons. The van der Waals surface area contributed by atoms with Crippen LogP contribution in [0.4, 0.5) is 0 Å². The SMILES string of the molecule is CCOP(OCC)C(c1ccccc1)c1cc(OC)ccc1S. The minimum absolute atomic E-state index is 0.00583. The van der Waals surface area contributed by atoms with Crippen molar-refractivity contribution in [3.8, 4) is 5.75 Å². The predicted octanol–water partition coefficient (Wildman–Crippen LogP) is 5.46. The first-order chi connectivity index (χ1) is 11.2. The third-order valence-corrected chi connectivity index (χ3v) is 5.80. The molecule has 0 saturated heterocycles. The van der Waals surface area contributed by atoms with Crippen molar-refractivity contribution in [2.24, 2.45) is 0 Å². The van der Waals surface area contributed by atoms with Gasteiger partial charge in [-0.25, -0.2) is 0 Å². The Balaban J connectivity index is 2.52. The predicted molar refractivity (Wildman–Crippen MR) is 98.7 cm³/mol. The molecule has 0 radical (unpaired) electrons. The smallest absolute Gasteiger partial charge is 0.183 e. The summed E-state index contributed by atoms with van der Waals surface area (Å²) < 4.78 is 17.3. The Hall–Kier alpha value is -1.06. The van der Waals surface area contributed by atoms with Crippen molar-refractivity contribution in [1.29, 1.82) is 0 Å². The zero-order chi connectivity index (χ0) is 16.7. The molecule has 0 aromatic heterocycles. The second-order valence-electron chi connectivity index (χ2n) is 4.86. The lowest BCUT2D eigenvalue weighted by Crippen LogP contribution is -2.06. The first-order valence-corrected chi connectivity index (χ1v) is 9.37. The molecule has 0 amide bonds. The normalized spacial score (nSPS) is 12.4. The van der Waals surface area contributed by atoms with Crippen LogP contribution < -0.4 is 4.74 Å². The van der Waals surface area contributed by atoms with Crippen molar-refractivity contribution in [3.05, 3.63) is 59.7 Å². The Bertz CT molecular complexity index is 600. The highest BCUT2D eigenvalue weighted by molar-refractivity contribution is 7.80. The van der Waals surface area contributed by atoms with E-state index in [4.69, 9.17) is 13.8 Å². The largest absolute Gasteiger partial charge is 0.497 e. The highest BCUT2D eigenvalue weighted by Gasteiger charge is 2.29. The van der Waals surface area contributed by atoms with Gasteiger partial charge in [0.05, 0.1) is 26.0 Å². The van der Waals surface area contributed by atoms with Crippen LogP contribution in [0, 0.1) is 0 Å². The van der Waals surface area contributed by atoms with Crippen LogP contribution in [0.3, 0.4) is 0 Å². The van der Waals surface area contributed by atoms with Crippen LogP contribution in [0.1, 0.15) is 30.6 Å². The quantitative estimate of drug-likeness (QED) is 0.506. The molecule has 2 aromatic carbocycles. The van der Waals surface area contributed by atoms with Gasteiger partial charge in [-0.2, -0.15) is 0 Å². The highest BCUT2D eigenvalue weighted by atomic mass is 32.1. The molecule has 0 aliphatic heterocycles. The summed E-state index contributed by atoms with van der Waals surface area (Å²) in [5, 5.41) is 0. The molecule has 1 atom stereocenters. The Labute approximate surface area is 145 Å². The van der Waals surface area contributed by atoms with E-state index in [1.54, 1.807) is 7.11 Å². The van der Waals surface area contributed by atoms with E-state index in [9.17, 15) is 0 Å². The zero-order valence-corrected chi connectivity index (χ0v) is 15.5. The van der Waals surface area contributed by atoms with Crippen LogP contribution in [-0.2, 0) is 9.05 Å². The van der Waals surface area contributed by atoms with Crippen molar-refractivity contribution in [2.75, 3.05) is 20.3 Å². The van der Waals surface area contributed by atoms with Crippen LogP contribution in [0.2, 0.25) is 0 Å². The second kappa shape index (κ2) is 9.29. The molecule has 0 spiro atoms. The van der Waals surface area contributed by atoms with Crippen LogP contribution in [-0.4, -0.2) is 20.3 Å². The number of thiol groups is 1. The zero-order valence-electron chi connectivity index (χ0n) is 13.7. The maximum absolute atomic E-state index is 5.95. The summed E-state index contributed by atoms with van der Waals surface area (Å²) >= 11 is 4.65. The fourth-order valence-electron chi connectivity index (χ4n) is 2.37. The van der Waals surface area contributed by atoms with Gasteiger partial charge in [-0.3, -0.25) is 0 Å². The number of ether oxygens (including phenoxy) is 1. The fraction of sp³-hybridized carbons (Fsp3) is 0.333. The standard InChI is InChI=1S/C18H23O3PS/c1-4-20-22(21-5-2)18(14-9-7-6-8-10-14)16-13-15(19-3)11-12-17(16)23/h6-13,18,23H,4-5H2,1-3H3. The minimum atomic E-state index is -1.11. The van der Waals surface area contributed by atoms with Gasteiger partial charge in [0.15, 0.2) is 8.38 Å². The van der Waals surface area contributed by atoms with Crippen LogP contribution >= 0.6 is 21.0 Å². The molecule has 2 aromatic rings. The molecule has 2 rings (SSSR count). The molecule has 3 nitrogen and oxygen atoms in total. The number of hydrogen-bond donors (Lipinski definition) is 1. The molecule has 0 fully saturated rings. The minimum Gasteiger partial charge on any atom is -0.497 e. The van der Waals surface area contributed by atoms with Crippen LogP contribution in [0.5, 0.6) is 5.75 Å². The van der Waals surface area contributed by atoms with E-state index in [1.807, 2.05) is 50.2 Å². The van der Waals surface area contributed by atoms with Gasteiger partial charge in [-0.05, 0) is 43.2 Å². The average Bonchev–Trinajstić information content (AvgIpc) is 2.58. The summed E-state index contributed by atoms with van der Waals surface area (Å²) in [6, 6.07) is 16.2. The number of rotatable bonds is 8.